The molecule has 1 saturated heterocycles. The Bertz CT molecular complexity index is 560. The fourth-order valence-corrected chi connectivity index (χ4v) is 3.04. The molecule has 5 nitrogen and oxygen atoms in total. The van der Waals surface area contributed by atoms with E-state index >= 15 is 0 Å². The van der Waals surface area contributed by atoms with Gasteiger partial charge < -0.3 is 4.52 Å². The maximum atomic E-state index is 5.44. The molecule has 0 saturated carbocycles. The summed E-state index contributed by atoms with van der Waals surface area (Å²) in [5.41, 5.74) is 2.29. The normalized spacial score (nSPS) is 19.8. The highest BCUT2D eigenvalue weighted by atomic mass is 16.5. The number of nitrogens with zero attached hydrogens (tertiary/aromatic N) is 4. The van der Waals surface area contributed by atoms with Gasteiger partial charge in [-0.15, -0.1) is 0 Å². The molecule has 3 rings (SSSR count). The molecule has 108 valence electrons. The van der Waals surface area contributed by atoms with Gasteiger partial charge in [-0.1, -0.05) is 5.16 Å². The van der Waals surface area contributed by atoms with Crippen molar-refractivity contribution in [2.24, 2.45) is 7.05 Å². The van der Waals surface area contributed by atoms with Gasteiger partial charge in [0.05, 0.1) is 17.9 Å². The van der Waals surface area contributed by atoms with Crippen LogP contribution in [0.25, 0.3) is 0 Å². The van der Waals surface area contributed by atoms with Crippen LogP contribution in [0.1, 0.15) is 42.3 Å². The Balaban J connectivity index is 1.54. The second-order valence-electron chi connectivity index (χ2n) is 5.69. The average Bonchev–Trinajstić information content (AvgIpc) is 3.11. The van der Waals surface area contributed by atoms with Gasteiger partial charge in [0, 0.05) is 19.3 Å². The van der Waals surface area contributed by atoms with Gasteiger partial charge in [0.1, 0.15) is 0 Å². The molecular weight excluding hydrogens is 252 g/mol. The van der Waals surface area contributed by atoms with Crippen molar-refractivity contribution in [3.05, 3.63) is 35.5 Å². The van der Waals surface area contributed by atoms with E-state index in [1.54, 1.807) is 0 Å². The molecule has 1 fully saturated rings. The van der Waals surface area contributed by atoms with Crippen molar-refractivity contribution in [3.63, 3.8) is 0 Å². The molecule has 0 bridgehead atoms. The molecule has 0 N–H and O–H groups in total. The largest absolute Gasteiger partial charge is 0.359 e. The van der Waals surface area contributed by atoms with E-state index in [9.17, 15) is 0 Å². The predicted octanol–water partition coefficient (Wildman–Crippen LogP) is 2.49. The van der Waals surface area contributed by atoms with E-state index in [0.29, 0.717) is 6.04 Å². The number of rotatable bonds is 5. The summed E-state index contributed by atoms with van der Waals surface area (Å²) in [6.45, 7) is 4.26. The van der Waals surface area contributed by atoms with Gasteiger partial charge in [-0.25, -0.2) is 0 Å². The number of likely N-dealkylation sites (tertiary alicyclic amines) is 1. The first-order chi connectivity index (χ1) is 9.72. The first kappa shape index (κ1) is 13.4. The third kappa shape index (κ3) is 2.93. The third-order valence-corrected chi connectivity index (χ3v) is 4.01. The lowest BCUT2D eigenvalue weighted by molar-refractivity contribution is 0.212. The summed E-state index contributed by atoms with van der Waals surface area (Å²) in [7, 11) is 1.96. The fraction of sp³-hybridized carbons (Fsp3) is 0.600. The standard InChI is InChI=1S/C15H22N4O/c1-12-9-15(20-17-12)14-6-4-8-19(14)7-3-5-13-10-16-18(2)11-13/h9-11,14H,3-8H2,1-2H3/t14-/m0/s1. The smallest absolute Gasteiger partial charge is 0.154 e. The van der Waals surface area contributed by atoms with Crippen LogP contribution >= 0.6 is 0 Å². The maximum absolute atomic E-state index is 5.44. The zero-order chi connectivity index (χ0) is 13.9. The summed E-state index contributed by atoms with van der Waals surface area (Å²) in [5, 5.41) is 8.23. The average molecular weight is 274 g/mol. The van der Waals surface area contributed by atoms with Crippen molar-refractivity contribution < 1.29 is 4.52 Å². The van der Waals surface area contributed by atoms with Gasteiger partial charge in [-0.2, -0.15) is 5.10 Å². The molecule has 1 aliphatic rings. The first-order valence-corrected chi connectivity index (χ1v) is 7.37. The highest BCUT2D eigenvalue weighted by molar-refractivity contribution is 5.09. The van der Waals surface area contributed by atoms with E-state index < -0.39 is 0 Å². The summed E-state index contributed by atoms with van der Waals surface area (Å²) in [5.74, 6) is 1.03. The van der Waals surface area contributed by atoms with Crippen LogP contribution in [0.2, 0.25) is 0 Å². The monoisotopic (exact) mass is 274 g/mol. The third-order valence-electron chi connectivity index (χ3n) is 4.01. The van der Waals surface area contributed by atoms with Crippen molar-refractivity contribution in [1.82, 2.24) is 19.8 Å². The minimum atomic E-state index is 0.421. The first-order valence-electron chi connectivity index (χ1n) is 7.37. The summed E-state index contributed by atoms with van der Waals surface area (Å²) in [6, 6.07) is 2.49. The number of hydrogen-bond donors (Lipinski definition) is 0. The lowest BCUT2D eigenvalue weighted by atomic mass is 10.1. The van der Waals surface area contributed by atoms with Gasteiger partial charge in [0.25, 0.3) is 0 Å². The molecule has 1 atom stereocenters. The Kier molecular flexibility index (Phi) is 3.87. The molecule has 1 aliphatic heterocycles. The van der Waals surface area contributed by atoms with Crippen molar-refractivity contribution in [3.8, 4) is 0 Å². The van der Waals surface area contributed by atoms with Crippen LogP contribution in [0.15, 0.2) is 23.0 Å². The predicted molar refractivity (Wildman–Crippen MR) is 76.3 cm³/mol. The maximum Gasteiger partial charge on any atom is 0.154 e. The lowest BCUT2D eigenvalue weighted by Gasteiger charge is -2.21. The molecule has 5 heteroatoms. The summed E-state index contributed by atoms with van der Waals surface area (Å²) < 4.78 is 7.31. The SMILES string of the molecule is Cc1cc([C@@H]2CCCN2CCCc2cnn(C)c2)on1. The quantitative estimate of drug-likeness (QED) is 0.840. The molecule has 0 unspecified atom stereocenters. The van der Waals surface area contributed by atoms with Gasteiger partial charge in [-0.05, 0) is 51.3 Å². The van der Waals surface area contributed by atoms with E-state index in [1.165, 1.54) is 18.4 Å². The molecule has 3 heterocycles. The Labute approximate surface area is 119 Å². The van der Waals surface area contributed by atoms with Crippen LogP contribution in [0.5, 0.6) is 0 Å². The number of hydrogen-bond acceptors (Lipinski definition) is 4. The van der Waals surface area contributed by atoms with Crippen LogP contribution in [0.3, 0.4) is 0 Å². The van der Waals surface area contributed by atoms with Crippen molar-refractivity contribution in [2.75, 3.05) is 13.1 Å². The van der Waals surface area contributed by atoms with Crippen LogP contribution in [0.4, 0.5) is 0 Å². The molecule has 0 amide bonds. The molecule has 2 aromatic heterocycles. The summed E-state index contributed by atoms with van der Waals surface area (Å²) in [4.78, 5) is 2.52. The molecule has 20 heavy (non-hydrogen) atoms. The molecule has 0 aromatic carbocycles. The molecule has 2 aromatic rings. The van der Waals surface area contributed by atoms with E-state index in [0.717, 1.165) is 37.4 Å². The van der Waals surface area contributed by atoms with Crippen molar-refractivity contribution in [1.29, 1.82) is 0 Å². The van der Waals surface area contributed by atoms with Crippen LogP contribution < -0.4 is 0 Å². The van der Waals surface area contributed by atoms with Crippen LogP contribution in [-0.4, -0.2) is 32.9 Å². The zero-order valence-corrected chi connectivity index (χ0v) is 12.2. The molecule has 0 radical (unpaired) electrons. The Morgan fingerprint density at radius 1 is 1.45 bits per heavy atom. The minimum Gasteiger partial charge on any atom is -0.359 e. The van der Waals surface area contributed by atoms with E-state index in [2.05, 4.69) is 27.4 Å². The Hall–Kier alpha value is -1.62. The van der Waals surface area contributed by atoms with Crippen molar-refractivity contribution in [2.45, 2.75) is 38.6 Å². The van der Waals surface area contributed by atoms with Gasteiger partial charge in [-0.3, -0.25) is 9.58 Å². The van der Waals surface area contributed by atoms with Gasteiger partial charge in [0.15, 0.2) is 5.76 Å². The van der Waals surface area contributed by atoms with E-state index in [4.69, 9.17) is 4.52 Å². The van der Waals surface area contributed by atoms with Gasteiger partial charge >= 0.3 is 0 Å². The zero-order valence-electron chi connectivity index (χ0n) is 12.2. The second-order valence-corrected chi connectivity index (χ2v) is 5.69. The highest BCUT2D eigenvalue weighted by Gasteiger charge is 2.28. The van der Waals surface area contributed by atoms with E-state index in [1.807, 2.05) is 24.9 Å². The minimum absolute atomic E-state index is 0.421. The second kappa shape index (κ2) is 5.79. The lowest BCUT2D eigenvalue weighted by Crippen LogP contribution is -2.24. The topological polar surface area (TPSA) is 47.1 Å². The van der Waals surface area contributed by atoms with Gasteiger partial charge in [0.2, 0.25) is 0 Å². The van der Waals surface area contributed by atoms with Crippen LogP contribution in [0, 0.1) is 6.92 Å². The summed E-state index contributed by atoms with van der Waals surface area (Å²) in [6.07, 6.45) is 8.74. The van der Waals surface area contributed by atoms with E-state index in [-0.39, 0.29) is 0 Å². The number of aromatic nitrogens is 3. The Morgan fingerprint density at radius 2 is 2.35 bits per heavy atom. The van der Waals surface area contributed by atoms with Crippen LogP contribution in [-0.2, 0) is 13.5 Å². The Morgan fingerprint density at radius 3 is 3.05 bits per heavy atom. The fourth-order valence-electron chi connectivity index (χ4n) is 3.04. The van der Waals surface area contributed by atoms with Crippen molar-refractivity contribution >= 4 is 0 Å². The molecule has 0 aliphatic carbocycles. The molecule has 0 spiro atoms. The highest BCUT2D eigenvalue weighted by Crippen LogP contribution is 2.32. The molecular formula is C15H22N4O. The number of aryl methyl sites for hydroxylation is 3. The summed E-state index contributed by atoms with van der Waals surface area (Å²) >= 11 is 0.